The monoisotopic (exact) mass is 263 g/mol. The highest BCUT2D eigenvalue weighted by Crippen LogP contribution is 2.33. The van der Waals surface area contributed by atoms with Crippen LogP contribution in [0.3, 0.4) is 0 Å². The van der Waals surface area contributed by atoms with Gasteiger partial charge >= 0.3 is 0 Å². The third kappa shape index (κ3) is 3.38. The summed E-state index contributed by atoms with van der Waals surface area (Å²) in [6.45, 7) is 7.60. The molecule has 1 N–H and O–H groups in total. The van der Waals surface area contributed by atoms with Crippen molar-refractivity contribution in [2.24, 2.45) is 11.8 Å². The van der Waals surface area contributed by atoms with Crippen molar-refractivity contribution in [2.45, 2.75) is 65.5 Å². The van der Waals surface area contributed by atoms with Crippen molar-refractivity contribution in [3.8, 4) is 0 Å². The zero-order chi connectivity index (χ0) is 13.8. The molecule has 1 aliphatic carbocycles. The molecule has 0 aliphatic heterocycles. The standard InChI is InChI=1S/C16H29N3/c1-5-13-7-8-16(17-4)14(10-13)11-15-9-12(3)18-19(15)6-2/h9,13-14,16-17H,5-8,10-11H2,1-4H3. The molecule has 0 spiro atoms. The number of aryl methyl sites for hydroxylation is 2. The van der Waals surface area contributed by atoms with Crippen molar-refractivity contribution >= 4 is 0 Å². The van der Waals surface area contributed by atoms with E-state index in [1.54, 1.807) is 0 Å². The zero-order valence-electron chi connectivity index (χ0n) is 12.9. The lowest BCUT2D eigenvalue weighted by Gasteiger charge is -2.36. The van der Waals surface area contributed by atoms with Crippen LogP contribution in [-0.2, 0) is 13.0 Å². The molecular weight excluding hydrogens is 234 g/mol. The van der Waals surface area contributed by atoms with Crippen LogP contribution >= 0.6 is 0 Å². The maximum absolute atomic E-state index is 4.58. The van der Waals surface area contributed by atoms with E-state index >= 15 is 0 Å². The molecule has 1 aromatic heterocycles. The first kappa shape index (κ1) is 14.6. The number of hydrogen-bond acceptors (Lipinski definition) is 2. The topological polar surface area (TPSA) is 29.9 Å². The van der Waals surface area contributed by atoms with Gasteiger partial charge in [0.1, 0.15) is 0 Å². The number of hydrogen-bond donors (Lipinski definition) is 1. The summed E-state index contributed by atoms with van der Waals surface area (Å²) in [4.78, 5) is 0. The van der Waals surface area contributed by atoms with Gasteiger partial charge < -0.3 is 5.32 Å². The molecule has 0 radical (unpaired) electrons. The van der Waals surface area contributed by atoms with Crippen LogP contribution in [0.2, 0.25) is 0 Å². The van der Waals surface area contributed by atoms with Crippen LogP contribution in [0, 0.1) is 18.8 Å². The largest absolute Gasteiger partial charge is 0.317 e. The fourth-order valence-electron chi connectivity index (χ4n) is 3.64. The van der Waals surface area contributed by atoms with E-state index in [-0.39, 0.29) is 0 Å². The van der Waals surface area contributed by atoms with E-state index in [1.807, 2.05) is 0 Å². The second-order valence-electron chi connectivity index (χ2n) is 6.04. The average molecular weight is 263 g/mol. The molecule has 0 saturated heterocycles. The van der Waals surface area contributed by atoms with Crippen molar-refractivity contribution in [2.75, 3.05) is 7.05 Å². The first-order valence-electron chi connectivity index (χ1n) is 7.88. The van der Waals surface area contributed by atoms with E-state index < -0.39 is 0 Å². The van der Waals surface area contributed by atoms with Gasteiger partial charge in [0.2, 0.25) is 0 Å². The van der Waals surface area contributed by atoms with Crippen LogP contribution in [0.15, 0.2) is 6.07 Å². The van der Waals surface area contributed by atoms with Gasteiger partial charge in [0.05, 0.1) is 5.69 Å². The predicted octanol–water partition coefficient (Wildman–Crippen LogP) is 3.17. The average Bonchev–Trinajstić information content (AvgIpc) is 2.78. The number of rotatable bonds is 5. The predicted molar refractivity (Wildman–Crippen MR) is 80.3 cm³/mol. The van der Waals surface area contributed by atoms with Crippen LogP contribution in [0.4, 0.5) is 0 Å². The molecule has 3 heteroatoms. The smallest absolute Gasteiger partial charge is 0.0596 e. The van der Waals surface area contributed by atoms with Crippen LogP contribution in [0.5, 0.6) is 0 Å². The molecule has 0 bridgehead atoms. The SMILES string of the molecule is CCC1CCC(NC)C(Cc2cc(C)nn2CC)C1. The molecule has 1 heterocycles. The number of nitrogens with one attached hydrogen (secondary N) is 1. The van der Waals surface area contributed by atoms with Gasteiger partial charge in [-0.25, -0.2) is 0 Å². The van der Waals surface area contributed by atoms with E-state index in [4.69, 9.17) is 0 Å². The Bertz CT molecular complexity index is 397. The van der Waals surface area contributed by atoms with Gasteiger partial charge in [-0.1, -0.05) is 13.3 Å². The van der Waals surface area contributed by atoms with Crippen molar-refractivity contribution in [3.05, 3.63) is 17.5 Å². The molecule has 2 rings (SSSR count). The van der Waals surface area contributed by atoms with Crippen molar-refractivity contribution in [1.29, 1.82) is 0 Å². The molecule has 1 saturated carbocycles. The highest BCUT2D eigenvalue weighted by Gasteiger charge is 2.29. The highest BCUT2D eigenvalue weighted by atomic mass is 15.3. The van der Waals surface area contributed by atoms with E-state index in [9.17, 15) is 0 Å². The number of nitrogens with zero attached hydrogens (tertiary/aromatic N) is 2. The van der Waals surface area contributed by atoms with Crippen LogP contribution < -0.4 is 5.32 Å². The van der Waals surface area contributed by atoms with Gasteiger partial charge in [0.25, 0.3) is 0 Å². The maximum atomic E-state index is 4.58. The van der Waals surface area contributed by atoms with Gasteiger partial charge in [-0.15, -0.1) is 0 Å². The van der Waals surface area contributed by atoms with Crippen molar-refractivity contribution < 1.29 is 0 Å². The molecule has 1 fully saturated rings. The van der Waals surface area contributed by atoms with Crippen LogP contribution in [0.1, 0.15) is 50.9 Å². The Morgan fingerprint density at radius 2 is 2.16 bits per heavy atom. The van der Waals surface area contributed by atoms with Gasteiger partial charge in [-0.2, -0.15) is 5.10 Å². The summed E-state index contributed by atoms with van der Waals surface area (Å²) < 4.78 is 2.18. The molecule has 0 aromatic carbocycles. The zero-order valence-corrected chi connectivity index (χ0v) is 12.9. The minimum absolute atomic E-state index is 0.684. The third-order valence-corrected chi connectivity index (χ3v) is 4.80. The molecule has 108 valence electrons. The first-order valence-corrected chi connectivity index (χ1v) is 7.88. The Morgan fingerprint density at radius 1 is 1.37 bits per heavy atom. The summed E-state index contributed by atoms with van der Waals surface area (Å²) in [6, 6.07) is 2.95. The summed E-state index contributed by atoms with van der Waals surface area (Å²) in [5.41, 5.74) is 2.57. The summed E-state index contributed by atoms with van der Waals surface area (Å²) in [5, 5.41) is 8.11. The third-order valence-electron chi connectivity index (χ3n) is 4.80. The Balaban J connectivity index is 2.09. The van der Waals surface area contributed by atoms with Crippen LogP contribution in [0.25, 0.3) is 0 Å². The second-order valence-corrected chi connectivity index (χ2v) is 6.04. The Morgan fingerprint density at radius 3 is 2.79 bits per heavy atom. The molecular formula is C16H29N3. The minimum Gasteiger partial charge on any atom is -0.317 e. The highest BCUT2D eigenvalue weighted by molar-refractivity contribution is 5.10. The summed E-state index contributed by atoms with van der Waals surface area (Å²) >= 11 is 0. The van der Waals surface area contributed by atoms with Gasteiger partial charge in [-0.3, -0.25) is 4.68 Å². The van der Waals surface area contributed by atoms with E-state index in [1.165, 1.54) is 37.8 Å². The van der Waals surface area contributed by atoms with E-state index in [0.29, 0.717) is 6.04 Å². The second kappa shape index (κ2) is 6.56. The van der Waals surface area contributed by atoms with E-state index in [2.05, 4.69) is 49.0 Å². The molecule has 19 heavy (non-hydrogen) atoms. The fraction of sp³-hybridized carbons (Fsp3) is 0.812. The normalized spacial score (nSPS) is 27.7. The molecule has 3 atom stereocenters. The lowest BCUT2D eigenvalue weighted by Crippen LogP contribution is -2.40. The molecule has 0 amide bonds. The van der Waals surface area contributed by atoms with Gasteiger partial charge in [-0.05, 0) is 64.5 Å². The quantitative estimate of drug-likeness (QED) is 0.884. The van der Waals surface area contributed by atoms with Crippen molar-refractivity contribution in [3.63, 3.8) is 0 Å². The van der Waals surface area contributed by atoms with E-state index in [0.717, 1.165) is 24.1 Å². The van der Waals surface area contributed by atoms with Gasteiger partial charge in [0, 0.05) is 18.3 Å². The summed E-state index contributed by atoms with van der Waals surface area (Å²) in [7, 11) is 2.12. The molecule has 3 unspecified atom stereocenters. The molecule has 3 nitrogen and oxygen atoms in total. The molecule has 1 aromatic rings. The van der Waals surface area contributed by atoms with Gasteiger partial charge in [0.15, 0.2) is 0 Å². The summed E-state index contributed by atoms with van der Waals surface area (Å²) in [5.74, 6) is 1.69. The fourth-order valence-corrected chi connectivity index (χ4v) is 3.64. The minimum atomic E-state index is 0.684. The van der Waals surface area contributed by atoms with Crippen LogP contribution in [-0.4, -0.2) is 22.9 Å². The lowest BCUT2D eigenvalue weighted by atomic mass is 9.75. The lowest BCUT2D eigenvalue weighted by molar-refractivity contribution is 0.202. The number of aromatic nitrogens is 2. The molecule has 1 aliphatic rings. The summed E-state index contributed by atoms with van der Waals surface area (Å²) in [6.07, 6.45) is 6.61. The Labute approximate surface area is 117 Å². The maximum Gasteiger partial charge on any atom is 0.0596 e. The first-order chi connectivity index (χ1) is 9.17. The Kier molecular flexibility index (Phi) is 5.03. The van der Waals surface area contributed by atoms with Crippen molar-refractivity contribution in [1.82, 2.24) is 15.1 Å². The Hall–Kier alpha value is -0.830.